The van der Waals surface area contributed by atoms with Crippen LogP contribution < -0.4 is 5.73 Å². The first-order chi connectivity index (χ1) is 5.75. The fourth-order valence-corrected chi connectivity index (χ4v) is 1.90. The molecule has 1 heterocycles. The minimum atomic E-state index is -0.789. The Balaban J connectivity index is 2.73. The summed E-state index contributed by atoms with van der Waals surface area (Å²) in [5.41, 5.74) is 5.31. The van der Waals surface area contributed by atoms with E-state index in [0.717, 1.165) is 4.88 Å². The minimum absolute atomic E-state index is 0.412. The Bertz CT molecular complexity index is 246. The fraction of sp³-hybridized carbons (Fsp3) is 0.375. The molecule has 0 aliphatic rings. The molecule has 1 rings (SSSR count). The lowest BCUT2D eigenvalue weighted by Gasteiger charge is -2.07. The van der Waals surface area contributed by atoms with Crippen LogP contribution in [0.15, 0.2) is 17.5 Å². The van der Waals surface area contributed by atoms with Gasteiger partial charge in [-0.05, 0) is 24.4 Å². The third-order valence-electron chi connectivity index (χ3n) is 1.64. The normalized spacial score (nSPS) is 12.8. The van der Waals surface area contributed by atoms with Crippen molar-refractivity contribution in [3.05, 3.63) is 22.4 Å². The van der Waals surface area contributed by atoms with Gasteiger partial charge in [0.1, 0.15) is 0 Å². The number of thiophene rings is 1. The van der Waals surface area contributed by atoms with E-state index in [1.165, 1.54) is 11.3 Å². The van der Waals surface area contributed by atoms with E-state index in [2.05, 4.69) is 0 Å². The van der Waals surface area contributed by atoms with Crippen LogP contribution in [0.3, 0.4) is 0 Å². The maximum Gasteiger partial charge on any atom is 0.311 e. The molecule has 0 bridgehead atoms. The molecule has 0 saturated heterocycles. The van der Waals surface area contributed by atoms with Crippen LogP contribution in [0.4, 0.5) is 0 Å². The van der Waals surface area contributed by atoms with Crippen molar-refractivity contribution < 1.29 is 9.90 Å². The number of nitrogens with two attached hydrogens (primary N) is 1. The minimum Gasteiger partial charge on any atom is -0.481 e. The lowest BCUT2D eigenvalue weighted by molar-refractivity contribution is -0.138. The highest BCUT2D eigenvalue weighted by molar-refractivity contribution is 7.10. The smallest absolute Gasteiger partial charge is 0.311 e. The summed E-state index contributed by atoms with van der Waals surface area (Å²) in [4.78, 5) is 11.6. The van der Waals surface area contributed by atoms with Gasteiger partial charge in [0.05, 0.1) is 5.92 Å². The van der Waals surface area contributed by atoms with E-state index in [0.29, 0.717) is 13.0 Å². The number of carbonyl (C=O) groups is 1. The predicted molar refractivity (Wildman–Crippen MR) is 48.4 cm³/mol. The molecule has 0 amide bonds. The second-order valence-corrected chi connectivity index (χ2v) is 3.46. The van der Waals surface area contributed by atoms with Gasteiger partial charge in [-0.3, -0.25) is 4.79 Å². The van der Waals surface area contributed by atoms with E-state index >= 15 is 0 Å². The fourth-order valence-electron chi connectivity index (χ4n) is 1.04. The standard InChI is InChI=1S/C8H11NO2S/c9-4-3-6(8(10)11)7-2-1-5-12-7/h1-2,5-6H,3-4,9H2,(H,10,11). The van der Waals surface area contributed by atoms with Gasteiger partial charge in [-0.25, -0.2) is 0 Å². The Kier molecular flexibility index (Phi) is 3.25. The highest BCUT2D eigenvalue weighted by Gasteiger charge is 2.19. The molecule has 0 saturated carbocycles. The highest BCUT2D eigenvalue weighted by Crippen LogP contribution is 2.23. The quantitative estimate of drug-likeness (QED) is 0.742. The first-order valence-electron chi connectivity index (χ1n) is 3.72. The predicted octanol–water partition coefficient (Wildman–Crippen LogP) is 1.27. The molecule has 1 unspecified atom stereocenters. The van der Waals surface area contributed by atoms with Crippen LogP contribution in [0.1, 0.15) is 17.2 Å². The maximum absolute atomic E-state index is 10.7. The van der Waals surface area contributed by atoms with E-state index in [1.807, 2.05) is 17.5 Å². The molecule has 0 fully saturated rings. The van der Waals surface area contributed by atoms with Crippen molar-refractivity contribution in [2.75, 3.05) is 6.54 Å². The van der Waals surface area contributed by atoms with Crippen LogP contribution in [0, 0.1) is 0 Å². The van der Waals surface area contributed by atoms with Crippen LogP contribution in [-0.4, -0.2) is 17.6 Å². The van der Waals surface area contributed by atoms with Crippen LogP contribution in [0.25, 0.3) is 0 Å². The topological polar surface area (TPSA) is 63.3 Å². The van der Waals surface area contributed by atoms with Crippen LogP contribution >= 0.6 is 11.3 Å². The molecule has 3 N–H and O–H groups in total. The molecule has 0 radical (unpaired) electrons. The van der Waals surface area contributed by atoms with Crippen LogP contribution in [0.5, 0.6) is 0 Å². The molecule has 66 valence electrons. The summed E-state index contributed by atoms with van der Waals surface area (Å²) in [6.07, 6.45) is 0.510. The van der Waals surface area contributed by atoms with Gasteiger partial charge in [-0.1, -0.05) is 6.07 Å². The lowest BCUT2D eigenvalue weighted by atomic mass is 10.0. The third-order valence-corrected chi connectivity index (χ3v) is 2.63. The molecule has 0 aliphatic heterocycles. The largest absolute Gasteiger partial charge is 0.481 e. The Labute approximate surface area is 74.8 Å². The van der Waals surface area contributed by atoms with Crippen molar-refractivity contribution in [1.29, 1.82) is 0 Å². The highest BCUT2D eigenvalue weighted by atomic mass is 32.1. The van der Waals surface area contributed by atoms with Gasteiger partial charge in [0.2, 0.25) is 0 Å². The van der Waals surface area contributed by atoms with Crippen molar-refractivity contribution in [3.8, 4) is 0 Å². The zero-order chi connectivity index (χ0) is 8.97. The summed E-state index contributed by atoms with van der Waals surface area (Å²) in [5.74, 6) is -1.21. The summed E-state index contributed by atoms with van der Waals surface area (Å²) >= 11 is 1.46. The molecule has 1 aromatic rings. The van der Waals surface area contributed by atoms with Gasteiger partial charge in [-0.2, -0.15) is 0 Å². The lowest BCUT2D eigenvalue weighted by Crippen LogP contribution is -2.14. The van der Waals surface area contributed by atoms with Gasteiger partial charge in [-0.15, -0.1) is 11.3 Å². The van der Waals surface area contributed by atoms with E-state index in [1.54, 1.807) is 0 Å². The summed E-state index contributed by atoms with van der Waals surface area (Å²) in [6, 6.07) is 3.69. The molecule has 4 heteroatoms. The average molecular weight is 185 g/mol. The number of carboxylic acid groups (broad SMARTS) is 1. The average Bonchev–Trinajstić information content (AvgIpc) is 2.51. The number of hydrogen-bond acceptors (Lipinski definition) is 3. The van der Waals surface area contributed by atoms with Gasteiger partial charge >= 0.3 is 5.97 Å². The van der Waals surface area contributed by atoms with E-state index in [9.17, 15) is 4.79 Å². The number of hydrogen-bond donors (Lipinski definition) is 2. The Morgan fingerprint density at radius 1 is 1.75 bits per heavy atom. The molecular weight excluding hydrogens is 174 g/mol. The molecule has 0 aromatic carbocycles. The monoisotopic (exact) mass is 185 g/mol. The van der Waals surface area contributed by atoms with Crippen LogP contribution in [-0.2, 0) is 4.79 Å². The van der Waals surface area contributed by atoms with Gasteiger partial charge in [0.15, 0.2) is 0 Å². The molecular formula is C8H11NO2S. The Morgan fingerprint density at radius 3 is 2.92 bits per heavy atom. The first-order valence-corrected chi connectivity index (χ1v) is 4.60. The van der Waals surface area contributed by atoms with E-state index < -0.39 is 11.9 Å². The second-order valence-electron chi connectivity index (χ2n) is 2.48. The Hall–Kier alpha value is -0.870. The maximum atomic E-state index is 10.7. The van der Waals surface area contributed by atoms with Crippen LogP contribution in [0.2, 0.25) is 0 Å². The van der Waals surface area contributed by atoms with E-state index in [4.69, 9.17) is 10.8 Å². The molecule has 0 aliphatic carbocycles. The van der Waals surface area contributed by atoms with Crippen molar-refractivity contribution in [1.82, 2.24) is 0 Å². The molecule has 3 nitrogen and oxygen atoms in total. The number of aliphatic carboxylic acids is 1. The van der Waals surface area contributed by atoms with Crippen molar-refractivity contribution in [2.45, 2.75) is 12.3 Å². The number of carboxylic acids is 1. The van der Waals surface area contributed by atoms with E-state index in [-0.39, 0.29) is 0 Å². The zero-order valence-corrected chi connectivity index (χ0v) is 7.38. The first kappa shape index (κ1) is 9.22. The zero-order valence-electron chi connectivity index (χ0n) is 6.56. The van der Waals surface area contributed by atoms with Crippen molar-refractivity contribution in [3.63, 3.8) is 0 Å². The Morgan fingerprint density at radius 2 is 2.50 bits per heavy atom. The van der Waals surface area contributed by atoms with Crippen molar-refractivity contribution >= 4 is 17.3 Å². The van der Waals surface area contributed by atoms with Gasteiger partial charge in [0.25, 0.3) is 0 Å². The van der Waals surface area contributed by atoms with Crippen molar-refractivity contribution in [2.24, 2.45) is 5.73 Å². The summed E-state index contributed by atoms with van der Waals surface area (Å²) in [5, 5.41) is 10.7. The second kappa shape index (κ2) is 4.23. The summed E-state index contributed by atoms with van der Waals surface area (Å²) in [6.45, 7) is 0.412. The summed E-state index contributed by atoms with van der Waals surface area (Å²) in [7, 11) is 0. The van der Waals surface area contributed by atoms with Gasteiger partial charge < -0.3 is 10.8 Å². The molecule has 0 spiro atoms. The molecule has 12 heavy (non-hydrogen) atoms. The van der Waals surface area contributed by atoms with Gasteiger partial charge in [0, 0.05) is 4.88 Å². The number of rotatable bonds is 4. The SMILES string of the molecule is NCCC(C(=O)O)c1cccs1. The third kappa shape index (κ3) is 2.06. The summed E-state index contributed by atoms with van der Waals surface area (Å²) < 4.78 is 0. The molecule has 1 aromatic heterocycles. The molecule has 1 atom stereocenters.